The number of nitrogens with one attached hydrogen (secondary N) is 1. The number of ether oxygens (including phenoxy) is 1. The first-order valence-corrected chi connectivity index (χ1v) is 11.5. The predicted molar refractivity (Wildman–Crippen MR) is 131 cm³/mol. The van der Waals surface area contributed by atoms with Crippen molar-refractivity contribution in [2.75, 3.05) is 20.2 Å². The highest BCUT2D eigenvalue weighted by molar-refractivity contribution is 6.35. The number of rotatable bonds is 5. The number of halogens is 2. The zero-order chi connectivity index (χ0) is 23.2. The van der Waals surface area contributed by atoms with Gasteiger partial charge in [0.15, 0.2) is 5.72 Å². The van der Waals surface area contributed by atoms with E-state index in [9.17, 15) is 4.79 Å². The molecule has 0 spiro atoms. The van der Waals surface area contributed by atoms with E-state index in [1.165, 1.54) is 0 Å². The van der Waals surface area contributed by atoms with Gasteiger partial charge in [-0.1, -0.05) is 35.3 Å². The van der Waals surface area contributed by atoms with Crippen molar-refractivity contribution in [1.82, 2.24) is 19.8 Å². The second kappa shape index (κ2) is 8.61. The lowest BCUT2D eigenvalue weighted by Crippen LogP contribution is -2.64. The van der Waals surface area contributed by atoms with Gasteiger partial charge in [-0.3, -0.25) is 14.7 Å². The molecule has 1 N–H and O–H groups in total. The lowest BCUT2D eigenvalue weighted by molar-refractivity contribution is -0.192. The summed E-state index contributed by atoms with van der Waals surface area (Å²) in [6.07, 6.45) is 1.69. The van der Waals surface area contributed by atoms with Crippen LogP contribution >= 0.6 is 23.2 Å². The number of fused-ring (bicyclic) bond motifs is 2. The molecule has 0 unspecified atom stereocenters. The van der Waals surface area contributed by atoms with E-state index in [2.05, 4.69) is 20.9 Å². The first-order valence-electron chi connectivity index (χ1n) is 10.8. The Hall–Kier alpha value is -2.64. The Morgan fingerprint density at radius 2 is 1.94 bits per heavy atom. The van der Waals surface area contributed by atoms with E-state index in [4.69, 9.17) is 27.9 Å². The van der Waals surface area contributed by atoms with Crippen LogP contribution < -0.4 is 0 Å². The summed E-state index contributed by atoms with van der Waals surface area (Å²) in [5.74, 6) is -0.0606. The molecule has 1 aliphatic heterocycles. The zero-order valence-electron chi connectivity index (χ0n) is 18.4. The van der Waals surface area contributed by atoms with Gasteiger partial charge in [0.25, 0.3) is 5.91 Å². The molecule has 3 heterocycles. The Labute approximate surface area is 202 Å². The molecule has 5 rings (SSSR count). The van der Waals surface area contributed by atoms with E-state index < -0.39 is 5.72 Å². The van der Waals surface area contributed by atoms with E-state index in [1.807, 2.05) is 48.2 Å². The van der Waals surface area contributed by atoms with E-state index in [1.54, 1.807) is 19.4 Å². The Kier molecular flexibility index (Phi) is 5.79. The molecule has 33 heavy (non-hydrogen) atoms. The van der Waals surface area contributed by atoms with Crippen LogP contribution in [0.3, 0.4) is 0 Å². The molecule has 8 heteroatoms. The first kappa shape index (κ1) is 22.2. The van der Waals surface area contributed by atoms with E-state index in [0.717, 1.165) is 33.1 Å². The smallest absolute Gasteiger partial charge is 0.270 e. The molecule has 170 valence electrons. The van der Waals surface area contributed by atoms with Gasteiger partial charge in [0.2, 0.25) is 0 Å². The summed E-state index contributed by atoms with van der Waals surface area (Å²) in [6.45, 7) is 4.17. The second-order valence-electron chi connectivity index (χ2n) is 8.51. The molecule has 4 aromatic rings. The maximum absolute atomic E-state index is 13.5. The minimum absolute atomic E-state index is 0.0606. The fourth-order valence-electron chi connectivity index (χ4n) is 4.51. The number of H-pyrrole nitrogens is 1. The summed E-state index contributed by atoms with van der Waals surface area (Å²) in [7, 11) is 1.58. The molecular formula is C25H24Cl2N4O2. The zero-order valence-corrected chi connectivity index (χ0v) is 20.0. The van der Waals surface area contributed by atoms with E-state index in [-0.39, 0.29) is 5.91 Å². The number of aromatic nitrogens is 2. The number of carbonyl (C=O) groups excluding carboxylic acids is 1. The fraction of sp³-hybridized carbons (Fsp3) is 0.280. The minimum atomic E-state index is -1.06. The summed E-state index contributed by atoms with van der Waals surface area (Å²) < 4.78 is 5.79. The van der Waals surface area contributed by atoms with E-state index in [0.29, 0.717) is 36.2 Å². The van der Waals surface area contributed by atoms with Crippen LogP contribution in [0.5, 0.6) is 0 Å². The number of hydrogen-bond donors (Lipinski definition) is 1. The molecule has 0 aliphatic carbocycles. The number of methoxy groups -OCH3 is 1. The van der Waals surface area contributed by atoms with Gasteiger partial charge in [-0.15, -0.1) is 0 Å². The number of benzene rings is 2. The maximum Gasteiger partial charge on any atom is 0.270 e. The van der Waals surface area contributed by atoms with Crippen LogP contribution in [0, 0.1) is 0 Å². The monoisotopic (exact) mass is 482 g/mol. The molecule has 1 fully saturated rings. The highest BCUT2D eigenvalue weighted by atomic mass is 35.5. The number of amides is 1. The van der Waals surface area contributed by atoms with Crippen molar-refractivity contribution in [2.24, 2.45) is 0 Å². The fourth-order valence-corrected chi connectivity index (χ4v) is 4.91. The molecular weight excluding hydrogens is 459 g/mol. The van der Waals surface area contributed by atoms with Gasteiger partial charge < -0.3 is 14.6 Å². The van der Waals surface area contributed by atoms with Crippen molar-refractivity contribution in [1.29, 1.82) is 0 Å². The van der Waals surface area contributed by atoms with Crippen LogP contribution in [0.4, 0.5) is 0 Å². The third kappa shape index (κ3) is 4.08. The molecule has 6 nitrogen and oxygen atoms in total. The number of hydrogen-bond acceptors (Lipinski definition) is 4. The van der Waals surface area contributed by atoms with Crippen LogP contribution in [0.25, 0.3) is 21.8 Å². The van der Waals surface area contributed by atoms with E-state index >= 15 is 0 Å². The average Bonchev–Trinajstić information content (AvgIpc) is 3.20. The van der Waals surface area contributed by atoms with Gasteiger partial charge in [-0.25, -0.2) is 0 Å². The van der Waals surface area contributed by atoms with Crippen LogP contribution in [-0.4, -0.2) is 51.6 Å². The lowest BCUT2D eigenvalue weighted by atomic mass is 10.1. The van der Waals surface area contributed by atoms with Crippen LogP contribution in [-0.2, 0) is 22.6 Å². The normalized spacial score (nSPS) is 19.6. The molecule has 0 radical (unpaired) electrons. The first-order chi connectivity index (χ1) is 15.9. The van der Waals surface area contributed by atoms with Gasteiger partial charge in [0.1, 0.15) is 0 Å². The number of aromatic amines is 1. The molecule has 0 bridgehead atoms. The van der Waals surface area contributed by atoms with Gasteiger partial charge >= 0.3 is 0 Å². The number of nitrogens with zero attached hydrogens (tertiary/aromatic N) is 3. The lowest BCUT2D eigenvalue weighted by Gasteiger charge is -2.46. The van der Waals surface area contributed by atoms with Crippen molar-refractivity contribution in [3.8, 4) is 0 Å². The third-order valence-electron chi connectivity index (χ3n) is 6.45. The molecule has 0 saturated carbocycles. The van der Waals surface area contributed by atoms with Crippen molar-refractivity contribution in [3.05, 3.63) is 76.0 Å². The summed E-state index contributed by atoms with van der Waals surface area (Å²) in [6, 6.07) is 15.5. The standard InChI is InChI=1S/C25H24Cl2N4O2/c1-25(33-2)24(32)30(14-16-3-5-20-21(27)7-8-28-23(20)11-16)9-10-31(25)15-19-13-17-12-18(26)4-6-22(17)29-19/h3-8,11-13,29H,9-10,14-15H2,1-2H3/t25-/m0/s1. The Balaban J connectivity index is 1.35. The molecule has 1 atom stereocenters. The van der Waals surface area contributed by atoms with Gasteiger partial charge in [-0.2, -0.15) is 0 Å². The summed E-state index contributed by atoms with van der Waals surface area (Å²) in [5, 5.41) is 3.32. The van der Waals surface area contributed by atoms with Crippen molar-refractivity contribution >= 4 is 50.9 Å². The summed E-state index contributed by atoms with van der Waals surface area (Å²) in [5.41, 5.74) is 2.79. The van der Waals surface area contributed by atoms with Crippen molar-refractivity contribution in [2.45, 2.75) is 25.7 Å². The number of piperazine rings is 1. The van der Waals surface area contributed by atoms with Crippen LogP contribution in [0.15, 0.2) is 54.7 Å². The highest BCUT2D eigenvalue weighted by Crippen LogP contribution is 2.29. The maximum atomic E-state index is 13.5. The number of pyridine rings is 1. The Morgan fingerprint density at radius 3 is 2.76 bits per heavy atom. The third-order valence-corrected chi connectivity index (χ3v) is 7.02. The van der Waals surface area contributed by atoms with Crippen LogP contribution in [0.2, 0.25) is 10.0 Å². The Morgan fingerprint density at radius 1 is 1.09 bits per heavy atom. The SMILES string of the molecule is CO[C@@]1(C)C(=O)N(Cc2ccc3c(Cl)ccnc3c2)CCN1Cc1cc2cc(Cl)ccc2[nH]1. The van der Waals surface area contributed by atoms with Gasteiger partial charge in [0, 0.05) is 66.5 Å². The molecule has 1 aliphatic rings. The average molecular weight is 483 g/mol. The minimum Gasteiger partial charge on any atom is -0.357 e. The molecule has 1 amide bonds. The van der Waals surface area contributed by atoms with Crippen molar-refractivity contribution in [3.63, 3.8) is 0 Å². The second-order valence-corrected chi connectivity index (χ2v) is 9.35. The summed E-state index contributed by atoms with van der Waals surface area (Å²) >= 11 is 12.4. The quantitative estimate of drug-likeness (QED) is 0.422. The number of carbonyl (C=O) groups is 1. The highest BCUT2D eigenvalue weighted by Gasteiger charge is 2.46. The summed E-state index contributed by atoms with van der Waals surface area (Å²) in [4.78, 5) is 25.3. The van der Waals surface area contributed by atoms with Gasteiger partial charge in [0.05, 0.1) is 10.5 Å². The molecule has 1 saturated heterocycles. The molecule has 2 aromatic carbocycles. The topological polar surface area (TPSA) is 61.5 Å². The van der Waals surface area contributed by atoms with Crippen LogP contribution in [0.1, 0.15) is 18.2 Å². The Bertz CT molecular complexity index is 1360. The molecule has 2 aromatic heterocycles. The van der Waals surface area contributed by atoms with Gasteiger partial charge in [-0.05, 0) is 48.9 Å². The predicted octanol–water partition coefficient (Wildman–Crippen LogP) is 5.23. The largest absolute Gasteiger partial charge is 0.357 e. The van der Waals surface area contributed by atoms with Crippen molar-refractivity contribution < 1.29 is 9.53 Å².